The zero-order chi connectivity index (χ0) is 15.7. The van der Waals surface area contributed by atoms with E-state index >= 15 is 0 Å². The third-order valence-corrected chi connectivity index (χ3v) is 4.33. The van der Waals surface area contributed by atoms with Crippen molar-refractivity contribution in [1.29, 1.82) is 0 Å². The first-order valence-electron chi connectivity index (χ1n) is 6.72. The summed E-state index contributed by atoms with van der Waals surface area (Å²) in [6.07, 6.45) is 1.64. The molecule has 0 saturated carbocycles. The van der Waals surface area contributed by atoms with Crippen LogP contribution in [0.15, 0.2) is 36.5 Å². The first kappa shape index (κ1) is 14.5. The Bertz CT molecular complexity index is 860. The SMILES string of the molecule is CCOc1ccc(F)cc1C(=O)c1sc2ncccc2c1N. The molecule has 0 fully saturated rings. The van der Waals surface area contributed by atoms with E-state index in [0.717, 1.165) is 5.39 Å². The van der Waals surface area contributed by atoms with Gasteiger partial charge in [0, 0.05) is 11.6 Å². The van der Waals surface area contributed by atoms with E-state index in [-0.39, 0.29) is 11.3 Å². The molecule has 0 spiro atoms. The van der Waals surface area contributed by atoms with Crippen LogP contribution in [-0.4, -0.2) is 17.4 Å². The highest BCUT2D eigenvalue weighted by atomic mass is 32.1. The van der Waals surface area contributed by atoms with Crippen molar-refractivity contribution in [3.8, 4) is 5.75 Å². The molecule has 2 aromatic heterocycles. The van der Waals surface area contributed by atoms with Gasteiger partial charge in [0.1, 0.15) is 21.3 Å². The van der Waals surface area contributed by atoms with Crippen molar-refractivity contribution in [2.24, 2.45) is 0 Å². The van der Waals surface area contributed by atoms with Crippen LogP contribution in [0.25, 0.3) is 10.2 Å². The zero-order valence-corrected chi connectivity index (χ0v) is 12.6. The van der Waals surface area contributed by atoms with Crippen LogP contribution in [0, 0.1) is 5.82 Å². The van der Waals surface area contributed by atoms with Gasteiger partial charge in [0.25, 0.3) is 0 Å². The lowest BCUT2D eigenvalue weighted by molar-refractivity contribution is 0.103. The molecule has 3 rings (SSSR count). The number of aromatic nitrogens is 1. The summed E-state index contributed by atoms with van der Waals surface area (Å²) in [5, 5.41) is 0.727. The summed E-state index contributed by atoms with van der Waals surface area (Å²) in [5.74, 6) is -0.508. The summed E-state index contributed by atoms with van der Waals surface area (Å²) in [6, 6.07) is 7.45. The lowest BCUT2D eigenvalue weighted by atomic mass is 10.1. The van der Waals surface area contributed by atoms with Crippen molar-refractivity contribution >= 4 is 33.0 Å². The van der Waals surface area contributed by atoms with E-state index in [1.54, 1.807) is 25.3 Å². The summed E-state index contributed by atoms with van der Waals surface area (Å²) in [4.78, 5) is 18.0. The molecule has 6 heteroatoms. The minimum atomic E-state index is -0.496. The second kappa shape index (κ2) is 5.73. The lowest BCUT2D eigenvalue weighted by Crippen LogP contribution is -2.06. The Balaban J connectivity index is 2.13. The van der Waals surface area contributed by atoms with Gasteiger partial charge in [-0.2, -0.15) is 0 Å². The third-order valence-electron chi connectivity index (χ3n) is 3.20. The molecule has 0 aliphatic heterocycles. The maximum absolute atomic E-state index is 13.5. The number of thiophene rings is 1. The minimum Gasteiger partial charge on any atom is -0.493 e. The maximum atomic E-state index is 13.5. The van der Waals surface area contributed by atoms with E-state index in [1.165, 1.54) is 29.5 Å². The predicted molar refractivity (Wildman–Crippen MR) is 85.0 cm³/mol. The van der Waals surface area contributed by atoms with Gasteiger partial charge in [-0.15, -0.1) is 11.3 Å². The Morgan fingerprint density at radius 1 is 1.41 bits per heavy atom. The summed E-state index contributed by atoms with van der Waals surface area (Å²) < 4.78 is 18.9. The number of rotatable bonds is 4. The molecule has 22 heavy (non-hydrogen) atoms. The number of ketones is 1. The van der Waals surface area contributed by atoms with Crippen LogP contribution < -0.4 is 10.5 Å². The smallest absolute Gasteiger partial charge is 0.208 e. The zero-order valence-electron chi connectivity index (χ0n) is 11.8. The molecule has 0 bridgehead atoms. The van der Waals surface area contributed by atoms with Crippen LogP contribution in [-0.2, 0) is 0 Å². The number of hydrogen-bond acceptors (Lipinski definition) is 5. The van der Waals surface area contributed by atoms with Gasteiger partial charge in [0.15, 0.2) is 0 Å². The fourth-order valence-electron chi connectivity index (χ4n) is 2.20. The summed E-state index contributed by atoms with van der Waals surface area (Å²) >= 11 is 1.20. The molecule has 2 N–H and O–H groups in total. The Hall–Kier alpha value is -2.47. The number of halogens is 1. The number of ether oxygens (including phenoxy) is 1. The number of anilines is 1. The second-order valence-corrected chi connectivity index (χ2v) is 5.60. The van der Waals surface area contributed by atoms with E-state index in [4.69, 9.17) is 10.5 Å². The van der Waals surface area contributed by atoms with Crippen molar-refractivity contribution in [3.05, 3.63) is 52.8 Å². The fraction of sp³-hybridized carbons (Fsp3) is 0.125. The highest BCUT2D eigenvalue weighted by molar-refractivity contribution is 7.21. The van der Waals surface area contributed by atoms with Crippen molar-refractivity contribution in [2.75, 3.05) is 12.3 Å². The standard InChI is InChI=1S/C16H13FN2O2S/c1-2-21-12-6-5-9(17)8-11(12)14(20)15-13(18)10-4-3-7-19-16(10)22-15/h3-8H,2,18H2,1H3. The Labute approximate surface area is 130 Å². The molecule has 4 nitrogen and oxygen atoms in total. The molecule has 0 unspecified atom stereocenters. The largest absolute Gasteiger partial charge is 0.493 e. The first-order valence-corrected chi connectivity index (χ1v) is 7.53. The number of hydrogen-bond donors (Lipinski definition) is 1. The number of nitrogens with two attached hydrogens (primary N) is 1. The third kappa shape index (κ3) is 2.42. The summed E-state index contributed by atoms with van der Waals surface area (Å²) in [7, 11) is 0. The van der Waals surface area contributed by atoms with Crippen LogP contribution in [0.1, 0.15) is 22.2 Å². The van der Waals surface area contributed by atoms with Gasteiger partial charge in [0.2, 0.25) is 5.78 Å². The molecule has 3 aromatic rings. The highest BCUT2D eigenvalue weighted by Gasteiger charge is 2.22. The van der Waals surface area contributed by atoms with Gasteiger partial charge in [0.05, 0.1) is 17.9 Å². The Kier molecular flexibility index (Phi) is 3.77. The van der Waals surface area contributed by atoms with Crippen LogP contribution in [0.4, 0.5) is 10.1 Å². The normalized spacial score (nSPS) is 10.8. The average molecular weight is 316 g/mol. The molecular formula is C16H13FN2O2S. The number of nitrogen functional groups attached to an aromatic ring is 1. The second-order valence-electron chi connectivity index (χ2n) is 4.60. The average Bonchev–Trinajstić information content (AvgIpc) is 2.86. The van der Waals surface area contributed by atoms with Gasteiger partial charge < -0.3 is 10.5 Å². The van der Waals surface area contributed by atoms with Gasteiger partial charge in [-0.05, 0) is 37.3 Å². The van der Waals surface area contributed by atoms with Crippen molar-refractivity contribution < 1.29 is 13.9 Å². The number of pyridine rings is 1. The van der Waals surface area contributed by atoms with E-state index in [2.05, 4.69) is 4.98 Å². The molecule has 0 amide bonds. The van der Waals surface area contributed by atoms with E-state index in [9.17, 15) is 9.18 Å². The van der Waals surface area contributed by atoms with Crippen molar-refractivity contribution in [2.45, 2.75) is 6.92 Å². The van der Waals surface area contributed by atoms with E-state index < -0.39 is 5.82 Å². The Morgan fingerprint density at radius 2 is 2.23 bits per heavy atom. The van der Waals surface area contributed by atoms with E-state index in [1.807, 2.05) is 0 Å². The number of carbonyl (C=O) groups excluding carboxylic acids is 1. The quantitative estimate of drug-likeness (QED) is 0.746. The molecule has 0 saturated heterocycles. The first-order chi connectivity index (χ1) is 10.6. The van der Waals surface area contributed by atoms with Crippen LogP contribution >= 0.6 is 11.3 Å². The van der Waals surface area contributed by atoms with Crippen molar-refractivity contribution in [1.82, 2.24) is 4.98 Å². The molecule has 0 aliphatic carbocycles. The number of fused-ring (bicyclic) bond motifs is 1. The van der Waals surface area contributed by atoms with E-state index in [0.29, 0.717) is 27.8 Å². The van der Waals surface area contributed by atoms with Gasteiger partial charge in [-0.3, -0.25) is 4.79 Å². The number of nitrogens with zero attached hydrogens (tertiary/aromatic N) is 1. The van der Waals surface area contributed by atoms with Crippen molar-refractivity contribution in [3.63, 3.8) is 0 Å². The molecule has 0 radical (unpaired) electrons. The summed E-state index contributed by atoms with van der Waals surface area (Å²) in [5.41, 5.74) is 6.59. The molecule has 0 aliphatic rings. The molecular weight excluding hydrogens is 303 g/mol. The molecule has 1 aromatic carbocycles. The maximum Gasteiger partial charge on any atom is 0.208 e. The van der Waals surface area contributed by atoms with Gasteiger partial charge in [-0.25, -0.2) is 9.37 Å². The van der Waals surface area contributed by atoms with Crippen LogP contribution in [0.2, 0.25) is 0 Å². The van der Waals surface area contributed by atoms with Gasteiger partial charge in [-0.1, -0.05) is 0 Å². The Morgan fingerprint density at radius 3 is 2.95 bits per heavy atom. The molecule has 112 valence electrons. The van der Waals surface area contributed by atoms with Crippen LogP contribution in [0.3, 0.4) is 0 Å². The number of carbonyl (C=O) groups is 1. The topological polar surface area (TPSA) is 65.2 Å². The highest BCUT2D eigenvalue weighted by Crippen LogP contribution is 2.35. The lowest BCUT2D eigenvalue weighted by Gasteiger charge is -2.09. The minimum absolute atomic E-state index is 0.167. The predicted octanol–water partition coefficient (Wildman–Crippen LogP) is 3.65. The monoisotopic (exact) mass is 316 g/mol. The summed E-state index contributed by atoms with van der Waals surface area (Å²) in [6.45, 7) is 2.19. The number of benzene rings is 1. The molecule has 2 heterocycles. The fourth-order valence-corrected chi connectivity index (χ4v) is 3.22. The van der Waals surface area contributed by atoms with Gasteiger partial charge >= 0.3 is 0 Å². The van der Waals surface area contributed by atoms with Crippen LogP contribution in [0.5, 0.6) is 5.75 Å². The molecule has 0 atom stereocenters.